The number of morpholine rings is 1. The van der Waals surface area contributed by atoms with E-state index in [1.165, 1.54) is 12.8 Å². The van der Waals surface area contributed by atoms with Crippen molar-refractivity contribution in [2.75, 3.05) is 18.1 Å². The average Bonchev–Trinajstić information content (AvgIpc) is 2.53. The summed E-state index contributed by atoms with van der Waals surface area (Å²) >= 11 is 0. The van der Waals surface area contributed by atoms with Crippen molar-refractivity contribution in [3.05, 3.63) is 29.3 Å². The first kappa shape index (κ1) is 14.2. The summed E-state index contributed by atoms with van der Waals surface area (Å²) in [7, 11) is 0. The van der Waals surface area contributed by atoms with Crippen molar-refractivity contribution in [3.63, 3.8) is 0 Å². The number of hydrogen-bond acceptors (Lipinski definition) is 4. The Morgan fingerprint density at radius 3 is 3.00 bits per heavy atom. The lowest BCUT2D eigenvalue weighted by Crippen LogP contribution is -2.53. The van der Waals surface area contributed by atoms with Gasteiger partial charge >= 0.3 is 0 Å². The number of rotatable bonds is 2. The number of hydrogen-bond donors (Lipinski definition) is 2. The molecule has 0 spiro atoms. The molecule has 0 bridgehead atoms. The molecule has 3 rings (SSSR count). The number of nitrogens with two attached hydrogens (primary N) is 1. The number of nitrogens with zero attached hydrogens (tertiary/aromatic N) is 2. The molecule has 0 amide bonds. The van der Waals surface area contributed by atoms with E-state index in [9.17, 15) is 0 Å². The highest BCUT2D eigenvalue weighted by molar-refractivity contribution is 6.02. The third kappa shape index (κ3) is 2.70. The zero-order valence-corrected chi connectivity index (χ0v) is 12.5. The molecule has 2 unspecified atom stereocenters. The van der Waals surface area contributed by atoms with Crippen molar-refractivity contribution in [2.24, 2.45) is 10.9 Å². The van der Waals surface area contributed by atoms with Crippen LogP contribution in [0, 0.1) is 6.92 Å². The Morgan fingerprint density at radius 2 is 2.19 bits per heavy atom. The predicted octanol–water partition coefficient (Wildman–Crippen LogP) is 2.24. The van der Waals surface area contributed by atoms with Crippen molar-refractivity contribution in [1.82, 2.24) is 0 Å². The van der Waals surface area contributed by atoms with Gasteiger partial charge in [-0.2, -0.15) is 0 Å². The lowest BCUT2D eigenvalue weighted by molar-refractivity contribution is -0.00868. The fraction of sp³-hybridized carbons (Fsp3) is 0.562. The second kappa shape index (κ2) is 5.93. The van der Waals surface area contributed by atoms with Crippen molar-refractivity contribution >= 4 is 11.5 Å². The van der Waals surface area contributed by atoms with Crippen LogP contribution in [-0.2, 0) is 4.74 Å². The summed E-state index contributed by atoms with van der Waals surface area (Å²) in [5.41, 5.74) is 8.85. The minimum Gasteiger partial charge on any atom is -0.409 e. The molecule has 1 aromatic rings. The van der Waals surface area contributed by atoms with E-state index in [0.29, 0.717) is 12.1 Å². The molecule has 21 heavy (non-hydrogen) atoms. The maximum atomic E-state index is 9.05. The minimum absolute atomic E-state index is 0.174. The zero-order chi connectivity index (χ0) is 14.8. The van der Waals surface area contributed by atoms with Crippen LogP contribution in [0.2, 0.25) is 0 Å². The first-order valence-corrected chi connectivity index (χ1v) is 7.67. The Kier molecular flexibility index (Phi) is 4.01. The number of amidine groups is 1. The molecule has 3 N–H and O–H groups in total. The van der Waals surface area contributed by atoms with Crippen LogP contribution in [0.15, 0.2) is 23.4 Å². The van der Waals surface area contributed by atoms with Gasteiger partial charge in [0, 0.05) is 17.8 Å². The topological polar surface area (TPSA) is 71.1 Å². The van der Waals surface area contributed by atoms with E-state index in [1.807, 2.05) is 13.0 Å². The highest BCUT2D eigenvalue weighted by Crippen LogP contribution is 2.33. The summed E-state index contributed by atoms with van der Waals surface area (Å²) < 4.78 is 5.93. The van der Waals surface area contributed by atoms with Crippen LogP contribution in [-0.4, -0.2) is 36.3 Å². The third-order valence-corrected chi connectivity index (χ3v) is 4.58. The summed E-state index contributed by atoms with van der Waals surface area (Å²) in [6, 6.07) is 6.55. The van der Waals surface area contributed by atoms with Crippen LogP contribution in [0.5, 0.6) is 0 Å². The Labute approximate surface area is 125 Å². The molecular weight excluding hydrogens is 266 g/mol. The molecule has 0 aromatic heterocycles. The Hall–Kier alpha value is -1.75. The Balaban J connectivity index is 1.98. The molecule has 2 aliphatic rings. The van der Waals surface area contributed by atoms with Crippen LogP contribution in [0.4, 0.5) is 5.69 Å². The van der Waals surface area contributed by atoms with E-state index in [4.69, 9.17) is 15.7 Å². The van der Waals surface area contributed by atoms with Gasteiger partial charge in [0.15, 0.2) is 5.84 Å². The van der Waals surface area contributed by atoms with Crippen LogP contribution in [0.3, 0.4) is 0 Å². The molecule has 1 saturated heterocycles. The van der Waals surface area contributed by atoms with Gasteiger partial charge in [-0.3, -0.25) is 0 Å². The molecule has 1 aliphatic heterocycles. The summed E-state index contributed by atoms with van der Waals surface area (Å²) in [6.07, 6.45) is 5.08. The lowest BCUT2D eigenvalue weighted by Gasteiger charge is -2.45. The van der Waals surface area contributed by atoms with Crippen molar-refractivity contribution in [2.45, 2.75) is 44.8 Å². The predicted molar refractivity (Wildman–Crippen MR) is 83.0 cm³/mol. The molecule has 0 radical (unpaired) electrons. The molecular formula is C16H23N3O2. The van der Waals surface area contributed by atoms with Crippen LogP contribution >= 0.6 is 0 Å². The van der Waals surface area contributed by atoms with Crippen LogP contribution < -0.4 is 10.6 Å². The van der Waals surface area contributed by atoms with E-state index in [0.717, 1.165) is 42.8 Å². The number of ether oxygens (including phenoxy) is 1. The highest BCUT2D eigenvalue weighted by Gasteiger charge is 2.35. The maximum absolute atomic E-state index is 9.05. The quantitative estimate of drug-likeness (QED) is 0.379. The zero-order valence-electron chi connectivity index (χ0n) is 12.5. The van der Waals surface area contributed by atoms with E-state index in [1.54, 1.807) is 0 Å². The van der Waals surface area contributed by atoms with Gasteiger partial charge in [-0.1, -0.05) is 29.6 Å². The number of benzene rings is 1. The molecule has 5 nitrogen and oxygen atoms in total. The summed E-state index contributed by atoms with van der Waals surface area (Å²) in [6.45, 7) is 3.61. The number of aryl methyl sites for hydroxylation is 1. The van der Waals surface area contributed by atoms with Gasteiger partial charge < -0.3 is 20.6 Å². The third-order valence-electron chi connectivity index (χ3n) is 4.58. The Bertz CT molecular complexity index is 542. The minimum atomic E-state index is 0.174. The Morgan fingerprint density at radius 1 is 1.38 bits per heavy atom. The molecule has 1 heterocycles. The number of fused-ring (bicyclic) bond motifs is 1. The van der Waals surface area contributed by atoms with Gasteiger partial charge in [0.25, 0.3) is 0 Å². The van der Waals surface area contributed by atoms with E-state index in [-0.39, 0.29) is 5.84 Å². The fourth-order valence-electron chi connectivity index (χ4n) is 3.55. The molecule has 1 saturated carbocycles. The van der Waals surface area contributed by atoms with Gasteiger partial charge in [-0.05, 0) is 31.9 Å². The summed E-state index contributed by atoms with van der Waals surface area (Å²) in [4.78, 5) is 2.39. The van der Waals surface area contributed by atoms with Crippen LogP contribution in [0.1, 0.15) is 36.8 Å². The first-order chi connectivity index (χ1) is 10.2. The standard InChI is InChI=1S/C16H23N3O2/c1-11-6-7-13(12(10-11)16(17)18-20)19-8-9-21-15-5-3-2-4-14(15)19/h6-7,10,14-15,20H,2-5,8-9H2,1H3,(H2,17,18). The number of anilines is 1. The van der Waals surface area contributed by atoms with Gasteiger partial charge in [0.2, 0.25) is 0 Å². The second-order valence-corrected chi connectivity index (χ2v) is 5.96. The summed E-state index contributed by atoms with van der Waals surface area (Å²) in [5, 5.41) is 12.2. The van der Waals surface area contributed by atoms with Crippen molar-refractivity contribution in [3.8, 4) is 0 Å². The molecule has 5 heteroatoms. The molecule has 2 atom stereocenters. The smallest absolute Gasteiger partial charge is 0.172 e. The van der Waals surface area contributed by atoms with E-state index < -0.39 is 0 Å². The van der Waals surface area contributed by atoms with Gasteiger partial charge in [-0.15, -0.1) is 0 Å². The van der Waals surface area contributed by atoms with Gasteiger partial charge in [-0.25, -0.2) is 0 Å². The van der Waals surface area contributed by atoms with Crippen molar-refractivity contribution in [1.29, 1.82) is 0 Å². The summed E-state index contributed by atoms with van der Waals surface area (Å²) in [5.74, 6) is 0.174. The molecule has 1 aliphatic carbocycles. The van der Waals surface area contributed by atoms with Crippen molar-refractivity contribution < 1.29 is 9.94 Å². The molecule has 2 fully saturated rings. The largest absolute Gasteiger partial charge is 0.409 e. The molecule has 114 valence electrons. The normalized spacial score (nSPS) is 26.5. The highest BCUT2D eigenvalue weighted by atomic mass is 16.5. The fourth-order valence-corrected chi connectivity index (χ4v) is 3.55. The second-order valence-electron chi connectivity index (χ2n) is 5.96. The molecule has 1 aromatic carbocycles. The lowest BCUT2D eigenvalue weighted by atomic mass is 9.89. The first-order valence-electron chi connectivity index (χ1n) is 7.67. The van der Waals surface area contributed by atoms with Crippen LogP contribution in [0.25, 0.3) is 0 Å². The van der Waals surface area contributed by atoms with E-state index >= 15 is 0 Å². The van der Waals surface area contributed by atoms with Gasteiger partial charge in [0.1, 0.15) is 0 Å². The monoisotopic (exact) mass is 289 g/mol. The average molecular weight is 289 g/mol. The van der Waals surface area contributed by atoms with Gasteiger partial charge in [0.05, 0.1) is 18.8 Å². The number of oxime groups is 1. The SMILES string of the molecule is Cc1ccc(N2CCOC3CCCCC32)c(/C(N)=N/O)c1. The van der Waals surface area contributed by atoms with E-state index in [2.05, 4.69) is 22.2 Å². The maximum Gasteiger partial charge on any atom is 0.172 e.